The van der Waals surface area contributed by atoms with Crippen LogP contribution in [0.2, 0.25) is 0 Å². The Kier molecular flexibility index (Phi) is 3.90. The van der Waals surface area contributed by atoms with Gasteiger partial charge < -0.3 is 10.1 Å². The lowest BCUT2D eigenvalue weighted by molar-refractivity contribution is 0.0708. The summed E-state index contributed by atoms with van der Waals surface area (Å²) in [6, 6.07) is 0.705. The molecule has 16 heavy (non-hydrogen) atoms. The Morgan fingerprint density at radius 1 is 1.56 bits per heavy atom. The lowest BCUT2D eigenvalue weighted by Crippen LogP contribution is -2.17. The molecular weight excluding hydrogens is 204 g/mol. The summed E-state index contributed by atoms with van der Waals surface area (Å²) in [6.07, 6.45) is 4.64. The zero-order chi connectivity index (χ0) is 11.4. The SMILES string of the molecule is CC(C)OCCn1cnc(CNC2CC2)n1. The van der Waals surface area contributed by atoms with Gasteiger partial charge >= 0.3 is 0 Å². The molecule has 1 heterocycles. The van der Waals surface area contributed by atoms with E-state index < -0.39 is 0 Å². The van der Waals surface area contributed by atoms with Crippen molar-refractivity contribution in [2.75, 3.05) is 6.61 Å². The highest BCUT2D eigenvalue weighted by Crippen LogP contribution is 2.18. The van der Waals surface area contributed by atoms with Crippen molar-refractivity contribution in [3.63, 3.8) is 0 Å². The average molecular weight is 224 g/mol. The molecule has 1 aromatic heterocycles. The number of nitrogens with one attached hydrogen (secondary N) is 1. The number of rotatable bonds is 7. The van der Waals surface area contributed by atoms with Crippen molar-refractivity contribution in [3.05, 3.63) is 12.2 Å². The van der Waals surface area contributed by atoms with Crippen LogP contribution in [-0.2, 0) is 17.8 Å². The minimum absolute atomic E-state index is 0.277. The number of ether oxygens (including phenoxy) is 1. The minimum atomic E-state index is 0.277. The van der Waals surface area contributed by atoms with Gasteiger partial charge in [0.05, 0.1) is 25.8 Å². The number of nitrogens with zero attached hydrogens (tertiary/aromatic N) is 3. The van der Waals surface area contributed by atoms with Gasteiger partial charge in [-0.1, -0.05) is 0 Å². The third kappa shape index (κ3) is 3.90. The summed E-state index contributed by atoms with van der Waals surface area (Å²) in [5.74, 6) is 0.872. The molecule has 1 aromatic rings. The van der Waals surface area contributed by atoms with Gasteiger partial charge in [0.2, 0.25) is 0 Å². The molecule has 0 aromatic carbocycles. The molecule has 0 radical (unpaired) electrons. The number of aromatic nitrogens is 3. The molecule has 0 aliphatic heterocycles. The highest BCUT2D eigenvalue weighted by Gasteiger charge is 2.20. The van der Waals surface area contributed by atoms with Gasteiger partial charge in [-0.05, 0) is 26.7 Å². The molecule has 0 atom stereocenters. The van der Waals surface area contributed by atoms with Gasteiger partial charge in [0.1, 0.15) is 6.33 Å². The molecule has 1 saturated carbocycles. The second kappa shape index (κ2) is 5.41. The summed E-state index contributed by atoms with van der Waals surface area (Å²) < 4.78 is 7.30. The molecule has 5 heteroatoms. The van der Waals surface area contributed by atoms with Crippen LogP contribution in [0.25, 0.3) is 0 Å². The highest BCUT2D eigenvalue weighted by atomic mass is 16.5. The molecular formula is C11H20N4O. The predicted molar refractivity (Wildman–Crippen MR) is 61.0 cm³/mol. The van der Waals surface area contributed by atoms with Gasteiger partial charge in [0.15, 0.2) is 5.82 Å². The van der Waals surface area contributed by atoms with E-state index in [2.05, 4.69) is 15.4 Å². The first-order valence-corrected chi connectivity index (χ1v) is 5.97. The Labute approximate surface area is 96.2 Å². The van der Waals surface area contributed by atoms with Gasteiger partial charge in [-0.25, -0.2) is 4.98 Å². The van der Waals surface area contributed by atoms with E-state index >= 15 is 0 Å². The molecule has 1 N–H and O–H groups in total. The van der Waals surface area contributed by atoms with Gasteiger partial charge in [-0.3, -0.25) is 4.68 Å². The van der Waals surface area contributed by atoms with Crippen molar-refractivity contribution < 1.29 is 4.74 Å². The van der Waals surface area contributed by atoms with Crippen LogP contribution < -0.4 is 5.32 Å². The van der Waals surface area contributed by atoms with Crippen LogP contribution in [-0.4, -0.2) is 33.5 Å². The largest absolute Gasteiger partial charge is 0.377 e. The lowest BCUT2D eigenvalue weighted by atomic mass is 10.5. The quantitative estimate of drug-likeness (QED) is 0.749. The van der Waals surface area contributed by atoms with Gasteiger partial charge in [-0.15, -0.1) is 0 Å². The van der Waals surface area contributed by atoms with E-state index in [-0.39, 0.29) is 6.10 Å². The van der Waals surface area contributed by atoms with Gasteiger partial charge in [0, 0.05) is 6.04 Å². The first-order chi connectivity index (χ1) is 7.74. The van der Waals surface area contributed by atoms with Crippen molar-refractivity contribution in [2.24, 2.45) is 0 Å². The van der Waals surface area contributed by atoms with E-state index in [0.29, 0.717) is 12.6 Å². The Morgan fingerprint density at radius 3 is 3.06 bits per heavy atom. The van der Waals surface area contributed by atoms with Crippen LogP contribution in [0.5, 0.6) is 0 Å². The van der Waals surface area contributed by atoms with Crippen molar-refractivity contribution in [1.29, 1.82) is 0 Å². The first kappa shape index (κ1) is 11.5. The summed E-state index contributed by atoms with van der Waals surface area (Å²) in [7, 11) is 0. The monoisotopic (exact) mass is 224 g/mol. The van der Waals surface area contributed by atoms with Crippen molar-refractivity contribution in [1.82, 2.24) is 20.1 Å². The first-order valence-electron chi connectivity index (χ1n) is 5.97. The number of hydrogen-bond donors (Lipinski definition) is 1. The average Bonchev–Trinajstić information content (AvgIpc) is 2.96. The second-order valence-corrected chi connectivity index (χ2v) is 4.50. The molecule has 0 saturated heterocycles. The number of hydrogen-bond acceptors (Lipinski definition) is 4. The Bertz CT molecular complexity index is 320. The van der Waals surface area contributed by atoms with E-state index in [1.54, 1.807) is 6.33 Å². The third-order valence-electron chi connectivity index (χ3n) is 2.48. The molecule has 2 rings (SSSR count). The van der Waals surface area contributed by atoms with Crippen molar-refractivity contribution in [2.45, 2.75) is 51.9 Å². The van der Waals surface area contributed by atoms with Crippen molar-refractivity contribution >= 4 is 0 Å². The lowest BCUT2D eigenvalue weighted by Gasteiger charge is -2.06. The van der Waals surface area contributed by atoms with E-state index in [1.807, 2.05) is 18.5 Å². The summed E-state index contributed by atoms with van der Waals surface area (Å²) in [6.45, 7) is 6.31. The van der Waals surface area contributed by atoms with E-state index in [4.69, 9.17) is 4.74 Å². The summed E-state index contributed by atoms with van der Waals surface area (Å²) in [5.41, 5.74) is 0. The fourth-order valence-electron chi connectivity index (χ4n) is 1.43. The summed E-state index contributed by atoms with van der Waals surface area (Å²) in [5, 5.41) is 7.76. The molecule has 0 spiro atoms. The van der Waals surface area contributed by atoms with Crippen LogP contribution >= 0.6 is 0 Å². The smallest absolute Gasteiger partial charge is 0.164 e. The molecule has 1 aliphatic carbocycles. The summed E-state index contributed by atoms with van der Waals surface area (Å²) >= 11 is 0. The molecule has 1 aliphatic rings. The molecule has 0 bridgehead atoms. The zero-order valence-electron chi connectivity index (χ0n) is 10.0. The maximum atomic E-state index is 5.46. The van der Waals surface area contributed by atoms with E-state index in [9.17, 15) is 0 Å². The Balaban J connectivity index is 1.68. The third-order valence-corrected chi connectivity index (χ3v) is 2.48. The molecule has 1 fully saturated rings. The standard InChI is InChI=1S/C11H20N4O/c1-9(2)16-6-5-15-8-13-11(14-15)7-12-10-3-4-10/h8-10,12H,3-7H2,1-2H3. The molecule has 5 nitrogen and oxygen atoms in total. The maximum absolute atomic E-state index is 5.46. The zero-order valence-corrected chi connectivity index (χ0v) is 10.0. The molecule has 0 unspecified atom stereocenters. The minimum Gasteiger partial charge on any atom is -0.377 e. The fraction of sp³-hybridized carbons (Fsp3) is 0.818. The van der Waals surface area contributed by atoms with Crippen LogP contribution in [0.1, 0.15) is 32.5 Å². The molecule has 90 valence electrons. The second-order valence-electron chi connectivity index (χ2n) is 4.50. The van der Waals surface area contributed by atoms with Crippen LogP contribution in [0.15, 0.2) is 6.33 Å². The Morgan fingerprint density at radius 2 is 2.38 bits per heavy atom. The molecule has 0 amide bonds. The van der Waals surface area contributed by atoms with Crippen LogP contribution in [0.4, 0.5) is 0 Å². The topological polar surface area (TPSA) is 52.0 Å². The Hall–Kier alpha value is -0.940. The van der Waals surface area contributed by atoms with Crippen LogP contribution in [0.3, 0.4) is 0 Å². The van der Waals surface area contributed by atoms with Crippen LogP contribution in [0, 0.1) is 0 Å². The summed E-state index contributed by atoms with van der Waals surface area (Å²) in [4.78, 5) is 4.25. The van der Waals surface area contributed by atoms with Gasteiger partial charge in [0.25, 0.3) is 0 Å². The normalized spacial score (nSPS) is 15.9. The highest BCUT2D eigenvalue weighted by molar-refractivity contribution is 4.86. The predicted octanol–water partition coefficient (Wildman–Crippen LogP) is 0.955. The maximum Gasteiger partial charge on any atom is 0.164 e. The fourth-order valence-corrected chi connectivity index (χ4v) is 1.43. The van der Waals surface area contributed by atoms with Gasteiger partial charge in [-0.2, -0.15) is 5.10 Å². The van der Waals surface area contributed by atoms with E-state index in [1.165, 1.54) is 12.8 Å². The van der Waals surface area contributed by atoms with E-state index in [0.717, 1.165) is 18.9 Å². The van der Waals surface area contributed by atoms with Crippen molar-refractivity contribution in [3.8, 4) is 0 Å².